The van der Waals surface area contributed by atoms with Gasteiger partial charge in [-0.2, -0.15) is 0 Å². The minimum Gasteiger partial charge on any atom is -0.496 e. The lowest BCUT2D eigenvalue weighted by atomic mass is 9.69. The highest BCUT2D eigenvalue weighted by atomic mass is 16.5. The number of methoxy groups -OCH3 is 1. The summed E-state index contributed by atoms with van der Waals surface area (Å²) >= 11 is 0. The normalized spacial score (nSPS) is 21.0. The number of nitrogens with two attached hydrogens (primary N) is 1. The predicted molar refractivity (Wildman–Crippen MR) is 75.2 cm³/mol. The van der Waals surface area contributed by atoms with E-state index in [1.54, 1.807) is 7.11 Å². The summed E-state index contributed by atoms with van der Waals surface area (Å²) < 4.78 is 5.49. The quantitative estimate of drug-likeness (QED) is 0.833. The highest BCUT2D eigenvalue weighted by Gasteiger charge is 2.35. The topological polar surface area (TPSA) is 35.2 Å². The number of hydrogen-bond acceptors (Lipinski definition) is 2. The molecular weight excluding hydrogens is 222 g/mol. The molecule has 1 unspecified atom stereocenters. The molecule has 1 aliphatic carbocycles. The summed E-state index contributed by atoms with van der Waals surface area (Å²) in [5.41, 5.74) is 8.99. The molecule has 1 aliphatic rings. The Kier molecular flexibility index (Phi) is 2.39. The Morgan fingerprint density at radius 1 is 1.22 bits per heavy atom. The van der Waals surface area contributed by atoms with Crippen LogP contribution in [0.4, 0.5) is 0 Å². The summed E-state index contributed by atoms with van der Waals surface area (Å²) in [6.07, 6.45) is 0.879. The van der Waals surface area contributed by atoms with Gasteiger partial charge in [0.1, 0.15) is 5.75 Å². The van der Waals surface area contributed by atoms with E-state index in [9.17, 15) is 0 Å². The second-order valence-corrected chi connectivity index (χ2v) is 5.68. The zero-order valence-corrected chi connectivity index (χ0v) is 11.2. The largest absolute Gasteiger partial charge is 0.496 e. The molecule has 2 N–H and O–H groups in total. The maximum Gasteiger partial charge on any atom is 0.122 e. The Labute approximate surface area is 108 Å². The Balaban J connectivity index is 2.44. The zero-order valence-electron chi connectivity index (χ0n) is 11.2. The number of rotatable bonds is 1. The van der Waals surface area contributed by atoms with Crippen LogP contribution in [0.25, 0.3) is 10.8 Å². The van der Waals surface area contributed by atoms with Crippen molar-refractivity contribution >= 4 is 10.8 Å². The van der Waals surface area contributed by atoms with Crippen LogP contribution in [0, 0.1) is 0 Å². The molecule has 3 rings (SSSR count). The van der Waals surface area contributed by atoms with Crippen LogP contribution in [-0.2, 0) is 11.8 Å². The first-order chi connectivity index (χ1) is 8.55. The fraction of sp³-hybridized carbons (Fsp3) is 0.375. The maximum atomic E-state index is 6.37. The number of hydrogen-bond donors (Lipinski definition) is 1. The summed E-state index contributed by atoms with van der Waals surface area (Å²) in [6, 6.07) is 10.8. The van der Waals surface area contributed by atoms with Crippen LogP contribution in [0.1, 0.15) is 25.0 Å². The molecule has 2 nitrogen and oxygen atoms in total. The molecule has 0 aliphatic heterocycles. The molecule has 0 heterocycles. The molecule has 2 aromatic rings. The SMILES string of the molecule is COc1ccc2cccc3c2c1CC(N)C3(C)C. The molecular formula is C16H19NO. The molecule has 0 spiro atoms. The van der Waals surface area contributed by atoms with Crippen LogP contribution in [0.3, 0.4) is 0 Å². The van der Waals surface area contributed by atoms with Crippen LogP contribution in [0.5, 0.6) is 5.75 Å². The van der Waals surface area contributed by atoms with Crippen molar-refractivity contribution in [2.45, 2.75) is 31.7 Å². The van der Waals surface area contributed by atoms with E-state index >= 15 is 0 Å². The predicted octanol–water partition coefficient (Wildman–Crippen LogP) is 3.01. The van der Waals surface area contributed by atoms with Gasteiger partial charge in [-0.15, -0.1) is 0 Å². The third kappa shape index (κ3) is 1.39. The molecule has 0 saturated carbocycles. The first-order valence-corrected chi connectivity index (χ1v) is 6.40. The second-order valence-electron chi connectivity index (χ2n) is 5.68. The van der Waals surface area contributed by atoms with Crippen molar-refractivity contribution < 1.29 is 4.74 Å². The van der Waals surface area contributed by atoms with Crippen LogP contribution >= 0.6 is 0 Å². The molecule has 2 aromatic carbocycles. The molecule has 0 aromatic heterocycles. The lowest BCUT2D eigenvalue weighted by Crippen LogP contribution is -2.45. The van der Waals surface area contributed by atoms with Gasteiger partial charge in [0.15, 0.2) is 0 Å². The van der Waals surface area contributed by atoms with Crippen LogP contribution in [0.2, 0.25) is 0 Å². The molecule has 94 valence electrons. The Morgan fingerprint density at radius 2 is 2.00 bits per heavy atom. The summed E-state index contributed by atoms with van der Waals surface area (Å²) in [5.74, 6) is 0.959. The summed E-state index contributed by atoms with van der Waals surface area (Å²) in [6.45, 7) is 4.46. The first-order valence-electron chi connectivity index (χ1n) is 6.40. The summed E-state index contributed by atoms with van der Waals surface area (Å²) in [4.78, 5) is 0. The van der Waals surface area contributed by atoms with Gasteiger partial charge in [0.05, 0.1) is 7.11 Å². The molecule has 0 fully saturated rings. The van der Waals surface area contributed by atoms with E-state index in [0.717, 1.165) is 12.2 Å². The fourth-order valence-electron chi connectivity index (χ4n) is 3.04. The van der Waals surface area contributed by atoms with Gasteiger partial charge in [-0.1, -0.05) is 38.1 Å². The molecule has 0 radical (unpaired) electrons. The van der Waals surface area contributed by atoms with Gasteiger partial charge in [0, 0.05) is 17.0 Å². The van der Waals surface area contributed by atoms with Crippen molar-refractivity contribution in [2.75, 3.05) is 7.11 Å². The van der Waals surface area contributed by atoms with Crippen molar-refractivity contribution in [3.8, 4) is 5.75 Å². The van der Waals surface area contributed by atoms with Crippen molar-refractivity contribution in [1.82, 2.24) is 0 Å². The van der Waals surface area contributed by atoms with Crippen LogP contribution in [0.15, 0.2) is 30.3 Å². The van der Waals surface area contributed by atoms with Crippen LogP contribution < -0.4 is 10.5 Å². The monoisotopic (exact) mass is 241 g/mol. The molecule has 18 heavy (non-hydrogen) atoms. The highest BCUT2D eigenvalue weighted by Crippen LogP contribution is 2.43. The van der Waals surface area contributed by atoms with Crippen molar-refractivity contribution in [1.29, 1.82) is 0 Å². The smallest absolute Gasteiger partial charge is 0.122 e. The molecule has 0 amide bonds. The van der Waals surface area contributed by atoms with Gasteiger partial charge in [-0.05, 0) is 28.8 Å². The second kappa shape index (κ2) is 3.72. The molecule has 1 atom stereocenters. The van der Waals surface area contributed by atoms with E-state index in [-0.39, 0.29) is 11.5 Å². The van der Waals surface area contributed by atoms with Gasteiger partial charge in [0.25, 0.3) is 0 Å². The Hall–Kier alpha value is -1.54. The van der Waals surface area contributed by atoms with Crippen molar-refractivity contribution in [3.05, 3.63) is 41.5 Å². The standard InChI is InChI=1S/C16H19NO/c1-16(2)12-6-4-5-10-7-8-13(18-3)11(15(10)12)9-14(16)17/h4-8,14H,9,17H2,1-3H3. The van der Waals surface area contributed by atoms with E-state index in [1.165, 1.54) is 21.9 Å². The van der Waals surface area contributed by atoms with Gasteiger partial charge in [-0.3, -0.25) is 0 Å². The number of ether oxygens (including phenoxy) is 1. The average molecular weight is 241 g/mol. The highest BCUT2D eigenvalue weighted by molar-refractivity contribution is 5.92. The third-order valence-corrected chi connectivity index (χ3v) is 4.38. The minimum atomic E-state index is 0.0128. The van der Waals surface area contributed by atoms with Crippen LogP contribution in [-0.4, -0.2) is 13.2 Å². The van der Waals surface area contributed by atoms with Crippen molar-refractivity contribution in [3.63, 3.8) is 0 Å². The minimum absolute atomic E-state index is 0.0128. The van der Waals surface area contributed by atoms with Crippen molar-refractivity contribution in [2.24, 2.45) is 5.73 Å². The fourth-order valence-corrected chi connectivity index (χ4v) is 3.04. The van der Waals surface area contributed by atoms with Gasteiger partial charge in [-0.25, -0.2) is 0 Å². The van der Waals surface area contributed by atoms with Gasteiger partial charge >= 0.3 is 0 Å². The molecule has 2 heteroatoms. The summed E-state index contributed by atoms with van der Waals surface area (Å²) in [7, 11) is 1.73. The lowest BCUT2D eigenvalue weighted by molar-refractivity contribution is 0.379. The van der Waals surface area contributed by atoms with E-state index in [2.05, 4.69) is 38.1 Å². The Morgan fingerprint density at radius 3 is 2.72 bits per heavy atom. The van der Waals surface area contributed by atoms with E-state index in [1.807, 2.05) is 6.07 Å². The van der Waals surface area contributed by atoms with E-state index in [4.69, 9.17) is 10.5 Å². The lowest BCUT2D eigenvalue weighted by Gasteiger charge is -2.38. The van der Waals surface area contributed by atoms with Gasteiger partial charge < -0.3 is 10.5 Å². The van der Waals surface area contributed by atoms with E-state index in [0.29, 0.717) is 0 Å². The average Bonchev–Trinajstić information content (AvgIpc) is 2.36. The Bertz CT molecular complexity index is 616. The van der Waals surface area contributed by atoms with E-state index < -0.39 is 0 Å². The first kappa shape index (κ1) is 11.5. The zero-order chi connectivity index (χ0) is 12.9. The third-order valence-electron chi connectivity index (χ3n) is 4.38. The molecule has 0 saturated heterocycles. The van der Waals surface area contributed by atoms with Gasteiger partial charge in [0.2, 0.25) is 0 Å². The molecule has 0 bridgehead atoms. The summed E-state index contributed by atoms with van der Waals surface area (Å²) in [5, 5.41) is 2.62. The number of benzene rings is 2. The maximum absolute atomic E-state index is 6.37.